The molecule has 2 N–H and O–H groups in total. The van der Waals surface area contributed by atoms with E-state index in [4.69, 9.17) is 0 Å². The first kappa shape index (κ1) is 15.5. The molecule has 0 saturated heterocycles. The standard InChI is InChI=1S/C16H21N3OS/c1-11(2)14(13-7-5-4-6-8-13)9-17-15(20)19-16-18-12(3)10-21-16/h4-8,10-11,14H,9H2,1-3H3,(H2,17,18,19,20). The number of carbonyl (C=O) groups excluding carboxylic acids is 1. The maximum atomic E-state index is 11.9. The number of hydrogen-bond acceptors (Lipinski definition) is 3. The Morgan fingerprint density at radius 2 is 2.00 bits per heavy atom. The molecule has 2 aromatic rings. The van der Waals surface area contributed by atoms with Crippen molar-refractivity contribution in [2.75, 3.05) is 11.9 Å². The largest absolute Gasteiger partial charge is 0.337 e. The van der Waals surface area contributed by atoms with Gasteiger partial charge in [-0.05, 0) is 18.4 Å². The Hall–Kier alpha value is -1.88. The van der Waals surface area contributed by atoms with E-state index >= 15 is 0 Å². The zero-order valence-corrected chi connectivity index (χ0v) is 13.4. The Labute approximate surface area is 129 Å². The highest BCUT2D eigenvalue weighted by Gasteiger charge is 2.16. The van der Waals surface area contributed by atoms with Gasteiger partial charge in [0, 0.05) is 17.8 Å². The number of carbonyl (C=O) groups is 1. The predicted molar refractivity (Wildman–Crippen MR) is 87.9 cm³/mol. The monoisotopic (exact) mass is 303 g/mol. The van der Waals surface area contributed by atoms with Gasteiger partial charge in [-0.25, -0.2) is 9.78 Å². The van der Waals surface area contributed by atoms with Crippen LogP contribution in [-0.4, -0.2) is 17.6 Å². The van der Waals surface area contributed by atoms with Crippen molar-refractivity contribution in [1.82, 2.24) is 10.3 Å². The van der Waals surface area contributed by atoms with Crippen molar-refractivity contribution in [2.45, 2.75) is 26.7 Å². The highest BCUT2D eigenvalue weighted by molar-refractivity contribution is 7.13. The van der Waals surface area contributed by atoms with E-state index in [0.29, 0.717) is 23.5 Å². The first-order valence-electron chi connectivity index (χ1n) is 7.08. The number of benzene rings is 1. The Balaban J connectivity index is 1.91. The lowest BCUT2D eigenvalue weighted by molar-refractivity contribution is 0.250. The van der Waals surface area contributed by atoms with E-state index in [1.807, 2.05) is 30.5 Å². The number of amides is 2. The van der Waals surface area contributed by atoms with Crippen LogP contribution in [0.25, 0.3) is 0 Å². The number of urea groups is 1. The molecule has 5 heteroatoms. The molecule has 0 saturated carbocycles. The van der Waals surface area contributed by atoms with Crippen molar-refractivity contribution < 1.29 is 4.79 Å². The molecule has 1 unspecified atom stereocenters. The summed E-state index contributed by atoms with van der Waals surface area (Å²) < 4.78 is 0. The van der Waals surface area contributed by atoms with Crippen molar-refractivity contribution in [2.24, 2.45) is 5.92 Å². The van der Waals surface area contributed by atoms with Gasteiger partial charge in [0.25, 0.3) is 0 Å². The van der Waals surface area contributed by atoms with E-state index < -0.39 is 0 Å². The van der Waals surface area contributed by atoms with Crippen LogP contribution in [0, 0.1) is 12.8 Å². The van der Waals surface area contributed by atoms with Gasteiger partial charge >= 0.3 is 6.03 Å². The minimum Gasteiger partial charge on any atom is -0.337 e. The number of hydrogen-bond donors (Lipinski definition) is 2. The molecule has 0 aliphatic heterocycles. The third kappa shape index (κ3) is 4.56. The SMILES string of the molecule is Cc1csc(NC(=O)NCC(c2ccccc2)C(C)C)n1. The zero-order valence-electron chi connectivity index (χ0n) is 12.6. The molecular weight excluding hydrogens is 282 g/mol. The van der Waals surface area contributed by atoms with Crippen molar-refractivity contribution >= 4 is 22.5 Å². The van der Waals surface area contributed by atoms with E-state index in [1.165, 1.54) is 16.9 Å². The molecule has 0 bridgehead atoms. The molecule has 0 radical (unpaired) electrons. The van der Waals surface area contributed by atoms with Crippen LogP contribution in [0.3, 0.4) is 0 Å². The number of nitrogens with zero attached hydrogens (tertiary/aromatic N) is 1. The van der Waals surface area contributed by atoms with Crippen molar-refractivity contribution in [1.29, 1.82) is 0 Å². The number of aryl methyl sites for hydroxylation is 1. The van der Waals surface area contributed by atoms with Gasteiger partial charge in [0.05, 0.1) is 5.69 Å². The molecule has 112 valence electrons. The summed E-state index contributed by atoms with van der Waals surface area (Å²) in [7, 11) is 0. The fraction of sp³-hybridized carbons (Fsp3) is 0.375. The summed E-state index contributed by atoms with van der Waals surface area (Å²) in [6.07, 6.45) is 0. The Morgan fingerprint density at radius 1 is 1.29 bits per heavy atom. The second kappa shape index (κ2) is 7.22. The molecule has 2 amide bonds. The Morgan fingerprint density at radius 3 is 2.57 bits per heavy atom. The zero-order chi connectivity index (χ0) is 15.2. The molecular formula is C16H21N3OS. The van der Waals surface area contributed by atoms with Gasteiger partial charge < -0.3 is 5.32 Å². The Bertz CT molecular complexity index is 580. The average Bonchev–Trinajstić information content (AvgIpc) is 2.85. The lowest BCUT2D eigenvalue weighted by atomic mass is 9.88. The summed E-state index contributed by atoms with van der Waals surface area (Å²) >= 11 is 1.43. The third-order valence-corrected chi connectivity index (χ3v) is 4.23. The van der Waals surface area contributed by atoms with Gasteiger partial charge in [0.1, 0.15) is 0 Å². The van der Waals surface area contributed by atoms with Crippen LogP contribution < -0.4 is 10.6 Å². The first-order valence-corrected chi connectivity index (χ1v) is 7.96. The summed E-state index contributed by atoms with van der Waals surface area (Å²) in [6, 6.07) is 10.1. The smallest absolute Gasteiger partial charge is 0.321 e. The minimum atomic E-state index is -0.203. The second-order valence-electron chi connectivity index (χ2n) is 5.39. The first-order chi connectivity index (χ1) is 10.1. The molecule has 1 atom stereocenters. The Kier molecular flexibility index (Phi) is 5.33. The van der Waals surface area contributed by atoms with Gasteiger partial charge in [-0.3, -0.25) is 5.32 Å². The number of thiazole rings is 1. The average molecular weight is 303 g/mol. The molecule has 4 nitrogen and oxygen atoms in total. The van der Waals surface area contributed by atoms with Crippen molar-refractivity contribution in [3.8, 4) is 0 Å². The summed E-state index contributed by atoms with van der Waals surface area (Å²) in [6.45, 7) is 6.85. The number of aromatic nitrogens is 1. The summed E-state index contributed by atoms with van der Waals surface area (Å²) in [5, 5.41) is 8.25. The fourth-order valence-corrected chi connectivity index (χ4v) is 2.88. The van der Waals surface area contributed by atoms with E-state index in [1.54, 1.807) is 0 Å². The lowest BCUT2D eigenvalue weighted by Crippen LogP contribution is -2.33. The molecule has 1 aromatic carbocycles. The quantitative estimate of drug-likeness (QED) is 0.876. The highest BCUT2D eigenvalue weighted by atomic mass is 32.1. The van der Waals surface area contributed by atoms with Crippen LogP contribution in [0.2, 0.25) is 0 Å². The molecule has 2 rings (SSSR count). The summed E-state index contributed by atoms with van der Waals surface area (Å²) in [5.74, 6) is 0.754. The number of nitrogens with one attached hydrogen (secondary N) is 2. The topological polar surface area (TPSA) is 54.0 Å². The molecule has 0 spiro atoms. The van der Waals surface area contributed by atoms with Gasteiger partial charge in [-0.2, -0.15) is 0 Å². The van der Waals surface area contributed by atoms with Gasteiger partial charge in [-0.1, -0.05) is 44.2 Å². The number of anilines is 1. The molecule has 1 aromatic heterocycles. The molecule has 21 heavy (non-hydrogen) atoms. The van der Waals surface area contributed by atoms with Crippen LogP contribution in [0.4, 0.5) is 9.93 Å². The van der Waals surface area contributed by atoms with E-state index in [0.717, 1.165) is 5.69 Å². The minimum absolute atomic E-state index is 0.203. The third-order valence-electron chi connectivity index (χ3n) is 3.35. The lowest BCUT2D eigenvalue weighted by Gasteiger charge is -2.21. The van der Waals surface area contributed by atoms with Crippen molar-refractivity contribution in [3.63, 3.8) is 0 Å². The maximum absolute atomic E-state index is 11.9. The van der Waals surface area contributed by atoms with Crippen LogP contribution in [0.15, 0.2) is 35.7 Å². The van der Waals surface area contributed by atoms with Gasteiger partial charge in [0.15, 0.2) is 5.13 Å². The maximum Gasteiger partial charge on any atom is 0.321 e. The molecule has 0 aliphatic carbocycles. The highest BCUT2D eigenvalue weighted by Crippen LogP contribution is 2.23. The normalized spacial score (nSPS) is 12.2. The van der Waals surface area contributed by atoms with Crippen LogP contribution in [0.1, 0.15) is 31.0 Å². The second-order valence-corrected chi connectivity index (χ2v) is 6.25. The van der Waals surface area contributed by atoms with Crippen LogP contribution in [0.5, 0.6) is 0 Å². The van der Waals surface area contributed by atoms with E-state index in [9.17, 15) is 4.79 Å². The summed E-state index contributed by atoms with van der Waals surface area (Å²) in [4.78, 5) is 16.1. The predicted octanol–water partition coefficient (Wildman–Crippen LogP) is 4.01. The van der Waals surface area contributed by atoms with Crippen LogP contribution in [-0.2, 0) is 0 Å². The molecule has 0 aliphatic rings. The van der Waals surface area contributed by atoms with Crippen LogP contribution >= 0.6 is 11.3 Å². The van der Waals surface area contributed by atoms with Gasteiger partial charge in [-0.15, -0.1) is 11.3 Å². The molecule has 0 fully saturated rings. The summed E-state index contributed by atoms with van der Waals surface area (Å²) in [5.41, 5.74) is 2.16. The van der Waals surface area contributed by atoms with Crippen molar-refractivity contribution in [3.05, 3.63) is 47.0 Å². The molecule has 1 heterocycles. The van der Waals surface area contributed by atoms with E-state index in [-0.39, 0.29) is 6.03 Å². The van der Waals surface area contributed by atoms with E-state index in [2.05, 4.69) is 41.6 Å². The van der Waals surface area contributed by atoms with Gasteiger partial charge in [0.2, 0.25) is 0 Å². The fourth-order valence-electron chi connectivity index (χ4n) is 2.19. The number of rotatable bonds is 5.